The number of amides is 1. The van der Waals surface area contributed by atoms with Gasteiger partial charge in [0.2, 0.25) is 5.91 Å². The van der Waals surface area contributed by atoms with Crippen molar-refractivity contribution in [2.45, 2.75) is 33.2 Å². The molecule has 6 nitrogen and oxygen atoms in total. The van der Waals surface area contributed by atoms with Crippen LogP contribution in [-0.4, -0.2) is 62.7 Å². The van der Waals surface area contributed by atoms with Crippen LogP contribution >= 0.6 is 0 Å². The highest BCUT2D eigenvalue weighted by atomic mass is 16.5. The highest BCUT2D eigenvalue weighted by Gasteiger charge is 2.20. The predicted octanol–water partition coefficient (Wildman–Crippen LogP) is 3.89. The largest absolute Gasteiger partial charge is 0.493 e. The fourth-order valence-electron chi connectivity index (χ4n) is 4.07. The van der Waals surface area contributed by atoms with Gasteiger partial charge in [0, 0.05) is 38.4 Å². The van der Waals surface area contributed by atoms with E-state index in [0.717, 1.165) is 55.5 Å². The van der Waals surface area contributed by atoms with Crippen molar-refractivity contribution in [1.29, 1.82) is 0 Å². The van der Waals surface area contributed by atoms with Gasteiger partial charge < -0.3 is 14.8 Å². The summed E-state index contributed by atoms with van der Waals surface area (Å²) in [6, 6.07) is 12.3. The molecule has 1 heterocycles. The van der Waals surface area contributed by atoms with Gasteiger partial charge in [-0.1, -0.05) is 38.1 Å². The van der Waals surface area contributed by atoms with Crippen LogP contribution in [0.3, 0.4) is 0 Å². The van der Waals surface area contributed by atoms with Gasteiger partial charge in [-0.05, 0) is 41.7 Å². The van der Waals surface area contributed by atoms with Crippen molar-refractivity contribution in [2.75, 3.05) is 52.3 Å². The van der Waals surface area contributed by atoms with E-state index in [1.165, 1.54) is 11.1 Å². The Hall–Kier alpha value is -2.57. The van der Waals surface area contributed by atoms with Gasteiger partial charge in [-0.2, -0.15) is 0 Å². The second-order valence-corrected chi connectivity index (χ2v) is 8.48. The minimum Gasteiger partial charge on any atom is -0.493 e. The molecule has 1 aliphatic heterocycles. The number of benzene rings is 2. The number of hydrogen-bond acceptors (Lipinski definition) is 5. The second kappa shape index (κ2) is 10.6. The van der Waals surface area contributed by atoms with E-state index in [-0.39, 0.29) is 5.91 Å². The van der Waals surface area contributed by atoms with Crippen LogP contribution < -0.4 is 14.8 Å². The molecule has 0 aliphatic carbocycles. The molecular weight excluding hydrogens is 390 g/mol. The highest BCUT2D eigenvalue weighted by molar-refractivity contribution is 5.94. The number of nitrogens with zero attached hydrogens (tertiary/aromatic N) is 2. The number of carbonyl (C=O) groups excluding carboxylic acids is 1. The summed E-state index contributed by atoms with van der Waals surface area (Å²) >= 11 is 0. The molecule has 2 aromatic rings. The molecule has 2 aromatic carbocycles. The maximum absolute atomic E-state index is 12.7. The van der Waals surface area contributed by atoms with Crippen LogP contribution in [0.4, 0.5) is 5.69 Å². The molecule has 0 radical (unpaired) electrons. The second-order valence-electron chi connectivity index (χ2n) is 8.48. The number of methoxy groups -OCH3 is 2. The Kier molecular flexibility index (Phi) is 7.93. The minimum atomic E-state index is 0.0598. The Morgan fingerprint density at radius 2 is 1.68 bits per heavy atom. The van der Waals surface area contributed by atoms with E-state index in [2.05, 4.69) is 60.2 Å². The van der Waals surface area contributed by atoms with Crippen molar-refractivity contribution in [3.8, 4) is 11.5 Å². The number of nitrogens with one attached hydrogen (secondary N) is 1. The molecule has 1 fully saturated rings. The Balaban J connectivity index is 1.51. The van der Waals surface area contributed by atoms with E-state index in [1.54, 1.807) is 14.2 Å². The van der Waals surface area contributed by atoms with E-state index in [9.17, 15) is 4.79 Å². The summed E-state index contributed by atoms with van der Waals surface area (Å²) in [4.78, 5) is 17.4. The summed E-state index contributed by atoms with van der Waals surface area (Å²) in [5, 5.41) is 3.16. The van der Waals surface area contributed by atoms with Crippen LogP contribution in [0, 0.1) is 6.92 Å². The molecule has 0 atom stereocenters. The molecule has 31 heavy (non-hydrogen) atoms. The molecule has 0 aromatic heterocycles. The first-order chi connectivity index (χ1) is 14.9. The van der Waals surface area contributed by atoms with Gasteiger partial charge in [0.25, 0.3) is 0 Å². The van der Waals surface area contributed by atoms with E-state index >= 15 is 0 Å². The smallest absolute Gasteiger partial charge is 0.238 e. The lowest BCUT2D eigenvalue weighted by atomic mass is 9.98. The SMILES string of the molecule is COc1ccc(CN2CCN(CC(=O)Nc3c(C)cccc3C(C)C)CC2)cc1OC. The Bertz CT molecular complexity index is 890. The molecule has 6 heteroatoms. The number of anilines is 1. The Morgan fingerprint density at radius 1 is 1.00 bits per heavy atom. The first-order valence-electron chi connectivity index (χ1n) is 11.0. The molecule has 0 spiro atoms. The summed E-state index contributed by atoms with van der Waals surface area (Å²) in [7, 11) is 3.31. The number of ether oxygens (including phenoxy) is 2. The van der Waals surface area contributed by atoms with Gasteiger partial charge >= 0.3 is 0 Å². The van der Waals surface area contributed by atoms with Gasteiger partial charge in [-0.25, -0.2) is 0 Å². The highest BCUT2D eigenvalue weighted by Crippen LogP contribution is 2.29. The van der Waals surface area contributed by atoms with Gasteiger partial charge in [-0.3, -0.25) is 14.6 Å². The van der Waals surface area contributed by atoms with Gasteiger partial charge in [-0.15, -0.1) is 0 Å². The quantitative estimate of drug-likeness (QED) is 0.695. The van der Waals surface area contributed by atoms with Crippen molar-refractivity contribution in [1.82, 2.24) is 9.80 Å². The van der Waals surface area contributed by atoms with Crippen molar-refractivity contribution in [3.63, 3.8) is 0 Å². The lowest BCUT2D eigenvalue weighted by Gasteiger charge is -2.34. The normalized spacial score (nSPS) is 15.2. The summed E-state index contributed by atoms with van der Waals surface area (Å²) in [5.74, 6) is 1.93. The summed E-state index contributed by atoms with van der Waals surface area (Å²) in [6.07, 6.45) is 0. The van der Waals surface area contributed by atoms with Crippen molar-refractivity contribution in [2.24, 2.45) is 0 Å². The monoisotopic (exact) mass is 425 g/mol. The summed E-state index contributed by atoms with van der Waals surface area (Å²) in [6.45, 7) is 11.3. The summed E-state index contributed by atoms with van der Waals surface area (Å²) in [5.41, 5.74) is 4.46. The van der Waals surface area contributed by atoms with Crippen molar-refractivity contribution < 1.29 is 14.3 Å². The maximum atomic E-state index is 12.7. The molecule has 0 bridgehead atoms. The van der Waals surface area contributed by atoms with Crippen LogP contribution in [0.1, 0.15) is 36.5 Å². The number of para-hydroxylation sites is 1. The van der Waals surface area contributed by atoms with Gasteiger partial charge in [0.1, 0.15) is 0 Å². The molecule has 1 aliphatic rings. The maximum Gasteiger partial charge on any atom is 0.238 e. The third-order valence-corrected chi connectivity index (χ3v) is 5.88. The lowest BCUT2D eigenvalue weighted by molar-refractivity contribution is -0.117. The average Bonchev–Trinajstić information content (AvgIpc) is 2.76. The minimum absolute atomic E-state index is 0.0598. The lowest BCUT2D eigenvalue weighted by Crippen LogP contribution is -2.48. The van der Waals surface area contributed by atoms with Crippen LogP contribution in [0.25, 0.3) is 0 Å². The number of carbonyl (C=O) groups is 1. The van der Waals surface area contributed by atoms with Crippen molar-refractivity contribution >= 4 is 11.6 Å². The number of piperazine rings is 1. The van der Waals surface area contributed by atoms with Crippen molar-refractivity contribution in [3.05, 3.63) is 53.1 Å². The molecule has 1 N–H and O–H groups in total. The van der Waals surface area contributed by atoms with E-state index in [0.29, 0.717) is 12.5 Å². The topological polar surface area (TPSA) is 54.0 Å². The molecule has 1 saturated heterocycles. The third-order valence-electron chi connectivity index (χ3n) is 5.88. The van der Waals surface area contributed by atoms with Gasteiger partial charge in [0.15, 0.2) is 11.5 Å². The van der Waals surface area contributed by atoms with E-state index in [1.807, 2.05) is 12.1 Å². The van der Waals surface area contributed by atoms with Crippen LogP contribution in [0.2, 0.25) is 0 Å². The Labute approximate surface area is 186 Å². The number of aryl methyl sites for hydroxylation is 1. The number of rotatable bonds is 8. The third kappa shape index (κ3) is 5.99. The first-order valence-corrected chi connectivity index (χ1v) is 11.0. The van der Waals surface area contributed by atoms with Gasteiger partial charge in [0.05, 0.1) is 20.8 Å². The molecule has 0 saturated carbocycles. The zero-order chi connectivity index (χ0) is 22.4. The van der Waals surface area contributed by atoms with Crippen LogP contribution in [-0.2, 0) is 11.3 Å². The van der Waals surface area contributed by atoms with E-state index in [4.69, 9.17) is 9.47 Å². The zero-order valence-corrected chi connectivity index (χ0v) is 19.4. The van der Waals surface area contributed by atoms with Crippen LogP contribution in [0.5, 0.6) is 11.5 Å². The van der Waals surface area contributed by atoms with E-state index < -0.39 is 0 Å². The molecule has 168 valence electrons. The molecule has 0 unspecified atom stereocenters. The zero-order valence-electron chi connectivity index (χ0n) is 19.4. The fraction of sp³-hybridized carbons (Fsp3) is 0.480. The Morgan fingerprint density at radius 3 is 2.32 bits per heavy atom. The summed E-state index contributed by atoms with van der Waals surface area (Å²) < 4.78 is 10.7. The molecular formula is C25H35N3O3. The number of hydrogen-bond donors (Lipinski definition) is 1. The molecule has 1 amide bonds. The molecule has 3 rings (SSSR count). The first kappa shape index (κ1) is 23.1. The van der Waals surface area contributed by atoms with Crippen LogP contribution in [0.15, 0.2) is 36.4 Å². The standard InChI is InChI=1S/C25H35N3O3/c1-18(2)21-8-6-7-19(3)25(21)26-24(29)17-28-13-11-27(12-14-28)16-20-9-10-22(30-4)23(15-20)31-5/h6-10,15,18H,11-14,16-17H2,1-5H3,(H,26,29). The fourth-order valence-corrected chi connectivity index (χ4v) is 4.07. The predicted molar refractivity (Wildman–Crippen MR) is 125 cm³/mol. The average molecular weight is 426 g/mol.